The van der Waals surface area contributed by atoms with Crippen molar-refractivity contribution in [1.29, 1.82) is 0 Å². The molecule has 6 heteroatoms. The average molecular weight is 258 g/mol. The number of β-amino-alcohol motifs (C(OH)–C–C–N with tert-alkyl or cyclic N) is 1. The molecule has 6 nitrogen and oxygen atoms in total. The quantitative estimate of drug-likeness (QED) is 0.717. The number of likely N-dealkylation sites (tertiary alicyclic amines) is 1. The van der Waals surface area contributed by atoms with Crippen LogP contribution in [0.4, 0.5) is 4.79 Å². The summed E-state index contributed by atoms with van der Waals surface area (Å²) in [6, 6.07) is -0.271. The van der Waals surface area contributed by atoms with E-state index in [0.717, 1.165) is 0 Å². The lowest BCUT2D eigenvalue weighted by Crippen LogP contribution is -2.54. The first-order chi connectivity index (χ1) is 8.17. The smallest absolute Gasteiger partial charge is 0.407 e. The summed E-state index contributed by atoms with van der Waals surface area (Å²) in [7, 11) is 0. The second-order valence-electron chi connectivity index (χ2n) is 5.66. The molecular weight excluding hydrogens is 236 g/mol. The fourth-order valence-electron chi connectivity index (χ4n) is 1.91. The van der Waals surface area contributed by atoms with Crippen molar-refractivity contribution in [2.75, 3.05) is 13.1 Å². The number of aliphatic hydroxyl groups excluding tert-OH is 1. The van der Waals surface area contributed by atoms with Crippen LogP contribution in [0.2, 0.25) is 0 Å². The Kier molecular flexibility index (Phi) is 4.56. The maximum absolute atomic E-state index is 11.6. The van der Waals surface area contributed by atoms with Crippen LogP contribution in [0.3, 0.4) is 0 Å². The van der Waals surface area contributed by atoms with E-state index in [0.29, 0.717) is 19.5 Å². The molecule has 104 valence electrons. The SMILES string of the molecule is CC(=O)N1CC(O)CC(NC(=O)OC(C)(C)C)C1. The normalized spacial score (nSPS) is 24.6. The molecule has 0 aliphatic carbocycles. The van der Waals surface area contributed by atoms with Crippen LogP contribution in [0.25, 0.3) is 0 Å². The molecule has 1 saturated heterocycles. The maximum atomic E-state index is 11.6. The zero-order valence-electron chi connectivity index (χ0n) is 11.4. The molecule has 0 spiro atoms. The predicted molar refractivity (Wildman–Crippen MR) is 66.0 cm³/mol. The van der Waals surface area contributed by atoms with Crippen molar-refractivity contribution >= 4 is 12.0 Å². The predicted octanol–water partition coefficient (Wildman–Crippen LogP) is 0.493. The van der Waals surface area contributed by atoms with Gasteiger partial charge in [0.1, 0.15) is 5.60 Å². The van der Waals surface area contributed by atoms with Crippen LogP contribution in [0.5, 0.6) is 0 Å². The highest BCUT2D eigenvalue weighted by atomic mass is 16.6. The van der Waals surface area contributed by atoms with Gasteiger partial charge in [0, 0.05) is 20.0 Å². The first-order valence-electron chi connectivity index (χ1n) is 6.10. The highest BCUT2D eigenvalue weighted by Crippen LogP contribution is 2.12. The van der Waals surface area contributed by atoms with E-state index < -0.39 is 17.8 Å². The molecule has 2 N–H and O–H groups in total. The lowest BCUT2D eigenvalue weighted by Gasteiger charge is -2.35. The van der Waals surface area contributed by atoms with E-state index in [-0.39, 0.29) is 11.9 Å². The molecule has 18 heavy (non-hydrogen) atoms. The van der Waals surface area contributed by atoms with Crippen LogP contribution in [0.15, 0.2) is 0 Å². The first kappa shape index (κ1) is 14.8. The number of ether oxygens (including phenoxy) is 1. The van der Waals surface area contributed by atoms with Gasteiger partial charge in [0.15, 0.2) is 0 Å². The van der Waals surface area contributed by atoms with Crippen LogP contribution in [0.1, 0.15) is 34.1 Å². The van der Waals surface area contributed by atoms with Gasteiger partial charge in [-0.1, -0.05) is 0 Å². The van der Waals surface area contributed by atoms with Gasteiger partial charge >= 0.3 is 6.09 Å². The summed E-state index contributed by atoms with van der Waals surface area (Å²) in [6.07, 6.45) is -0.698. The van der Waals surface area contributed by atoms with Crippen molar-refractivity contribution in [1.82, 2.24) is 10.2 Å². The van der Waals surface area contributed by atoms with Gasteiger partial charge in [-0.3, -0.25) is 4.79 Å². The maximum Gasteiger partial charge on any atom is 0.407 e. The molecule has 2 unspecified atom stereocenters. The molecule has 0 aromatic rings. The number of alkyl carbamates (subject to hydrolysis) is 1. The molecule has 0 bridgehead atoms. The Morgan fingerprint density at radius 2 is 1.94 bits per heavy atom. The topological polar surface area (TPSA) is 78.9 Å². The zero-order chi connectivity index (χ0) is 13.9. The van der Waals surface area contributed by atoms with Crippen molar-refractivity contribution < 1.29 is 19.4 Å². The Morgan fingerprint density at radius 1 is 1.33 bits per heavy atom. The van der Waals surface area contributed by atoms with Gasteiger partial charge in [-0.05, 0) is 27.2 Å². The number of rotatable bonds is 1. The lowest BCUT2D eigenvalue weighted by atomic mass is 10.0. The molecule has 1 rings (SSSR count). The fourth-order valence-corrected chi connectivity index (χ4v) is 1.91. The Hall–Kier alpha value is -1.30. The van der Waals surface area contributed by atoms with E-state index in [1.165, 1.54) is 11.8 Å². The van der Waals surface area contributed by atoms with Crippen LogP contribution in [-0.4, -0.2) is 52.8 Å². The number of hydrogen-bond acceptors (Lipinski definition) is 4. The minimum absolute atomic E-state index is 0.107. The minimum Gasteiger partial charge on any atom is -0.444 e. The van der Waals surface area contributed by atoms with Gasteiger partial charge < -0.3 is 20.1 Å². The highest BCUT2D eigenvalue weighted by Gasteiger charge is 2.29. The monoisotopic (exact) mass is 258 g/mol. The van der Waals surface area contributed by atoms with E-state index in [2.05, 4.69) is 5.32 Å². The molecule has 0 radical (unpaired) electrons. The third kappa shape index (κ3) is 4.91. The number of piperidine rings is 1. The molecule has 2 amide bonds. The van der Waals surface area contributed by atoms with Crippen molar-refractivity contribution in [3.05, 3.63) is 0 Å². The third-order valence-corrected chi connectivity index (χ3v) is 2.59. The average Bonchev–Trinajstić information content (AvgIpc) is 2.12. The molecule has 0 aromatic heterocycles. The second kappa shape index (κ2) is 5.56. The standard InChI is InChI=1S/C12H22N2O4/c1-8(15)14-6-9(5-10(16)7-14)13-11(17)18-12(2,3)4/h9-10,16H,5-7H2,1-4H3,(H,13,17). The minimum atomic E-state index is -0.609. The Labute approximate surface area is 107 Å². The van der Waals surface area contributed by atoms with Gasteiger partial charge in [0.25, 0.3) is 0 Å². The van der Waals surface area contributed by atoms with Gasteiger partial charge in [-0.15, -0.1) is 0 Å². The van der Waals surface area contributed by atoms with E-state index in [1.54, 1.807) is 20.8 Å². The summed E-state index contributed by atoms with van der Waals surface area (Å²) in [6.45, 7) is 7.52. The number of nitrogens with zero attached hydrogens (tertiary/aromatic N) is 1. The molecule has 2 atom stereocenters. The van der Waals surface area contributed by atoms with E-state index in [4.69, 9.17) is 4.74 Å². The summed E-state index contributed by atoms with van der Waals surface area (Å²) >= 11 is 0. The summed E-state index contributed by atoms with van der Waals surface area (Å²) in [5.41, 5.74) is -0.558. The van der Waals surface area contributed by atoms with Gasteiger partial charge in [0.2, 0.25) is 5.91 Å². The van der Waals surface area contributed by atoms with Crippen LogP contribution in [-0.2, 0) is 9.53 Å². The van der Waals surface area contributed by atoms with Crippen LogP contribution < -0.4 is 5.32 Å². The number of amides is 2. The molecule has 0 saturated carbocycles. The zero-order valence-corrected chi connectivity index (χ0v) is 11.4. The Balaban J connectivity index is 2.51. The third-order valence-electron chi connectivity index (χ3n) is 2.59. The Morgan fingerprint density at radius 3 is 2.44 bits per heavy atom. The number of carbonyl (C=O) groups is 2. The molecule has 1 heterocycles. The Bertz CT molecular complexity index is 325. The van der Waals surface area contributed by atoms with E-state index in [1.807, 2.05) is 0 Å². The van der Waals surface area contributed by atoms with Gasteiger partial charge in [0.05, 0.1) is 12.1 Å². The summed E-state index contributed by atoms with van der Waals surface area (Å²) < 4.78 is 5.14. The van der Waals surface area contributed by atoms with Crippen LogP contribution in [0, 0.1) is 0 Å². The summed E-state index contributed by atoms with van der Waals surface area (Å²) in [5.74, 6) is -0.107. The first-order valence-corrected chi connectivity index (χ1v) is 6.10. The summed E-state index contributed by atoms with van der Waals surface area (Å²) in [4.78, 5) is 24.4. The number of hydrogen-bond donors (Lipinski definition) is 2. The van der Waals surface area contributed by atoms with E-state index >= 15 is 0 Å². The second-order valence-corrected chi connectivity index (χ2v) is 5.66. The number of nitrogens with one attached hydrogen (secondary N) is 1. The van der Waals surface area contributed by atoms with Gasteiger partial charge in [-0.2, -0.15) is 0 Å². The van der Waals surface area contributed by atoms with Crippen molar-refractivity contribution in [3.63, 3.8) is 0 Å². The molecular formula is C12H22N2O4. The molecule has 1 fully saturated rings. The molecule has 0 aromatic carbocycles. The van der Waals surface area contributed by atoms with Crippen LogP contribution >= 0.6 is 0 Å². The number of carbonyl (C=O) groups excluding carboxylic acids is 2. The molecule has 1 aliphatic rings. The van der Waals surface area contributed by atoms with Gasteiger partial charge in [-0.25, -0.2) is 4.79 Å². The fraction of sp³-hybridized carbons (Fsp3) is 0.833. The lowest BCUT2D eigenvalue weighted by molar-refractivity contribution is -0.132. The van der Waals surface area contributed by atoms with Crippen molar-refractivity contribution in [2.45, 2.75) is 51.9 Å². The molecule has 1 aliphatic heterocycles. The van der Waals surface area contributed by atoms with E-state index in [9.17, 15) is 14.7 Å². The summed E-state index contributed by atoms with van der Waals surface area (Å²) in [5, 5.41) is 12.3. The number of aliphatic hydroxyl groups is 1. The largest absolute Gasteiger partial charge is 0.444 e. The highest BCUT2D eigenvalue weighted by molar-refractivity contribution is 5.73. The van der Waals surface area contributed by atoms with Crippen molar-refractivity contribution in [2.24, 2.45) is 0 Å². The van der Waals surface area contributed by atoms with Crippen molar-refractivity contribution in [3.8, 4) is 0 Å².